The fourth-order valence-electron chi connectivity index (χ4n) is 2.96. The second-order valence-electron chi connectivity index (χ2n) is 7.74. The maximum atomic E-state index is 12.8. The molecule has 1 saturated heterocycles. The number of sulfonamides is 1. The Kier molecular flexibility index (Phi) is 6.56. The Labute approximate surface area is 165 Å². The molecule has 1 aliphatic heterocycles. The number of hydrogen-bond acceptors (Lipinski definition) is 6. The summed E-state index contributed by atoms with van der Waals surface area (Å²) in [7, 11) is -1.98. The Bertz CT molecular complexity index is 823. The fraction of sp³-hybridized carbons (Fsp3) is 0.556. The molecule has 0 bridgehead atoms. The molecule has 28 heavy (non-hydrogen) atoms. The van der Waals surface area contributed by atoms with E-state index in [2.05, 4.69) is 5.16 Å². The predicted molar refractivity (Wildman–Crippen MR) is 105 cm³/mol. The zero-order valence-electron chi connectivity index (χ0n) is 16.6. The maximum Gasteiger partial charge on any atom is 0.410 e. The number of hydrogen-bond donors (Lipinski definition) is 2. The molecule has 0 unspecified atom stereocenters. The highest BCUT2D eigenvalue weighted by Gasteiger charge is 2.33. The van der Waals surface area contributed by atoms with Crippen LogP contribution in [0, 0.1) is 0 Å². The van der Waals surface area contributed by atoms with E-state index in [0.29, 0.717) is 31.5 Å². The van der Waals surface area contributed by atoms with Crippen molar-refractivity contribution in [1.29, 1.82) is 0 Å². The summed E-state index contributed by atoms with van der Waals surface area (Å²) >= 11 is 0. The van der Waals surface area contributed by atoms with Crippen LogP contribution in [0.4, 0.5) is 4.79 Å². The molecule has 0 aromatic heterocycles. The number of rotatable bonds is 4. The first-order valence-electron chi connectivity index (χ1n) is 8.99. The Hall–Kier alpha value is -2.33. The van der Waals surface area contributed by atoms with Crippen LogP contribution < -0.4 is 5.73 Å². The van der Waals surface area contributed by atoms with Crippen LogP contribution >= 0.6 is 0 Å². The molecule has 1 fully saturated rings. The third kappa shape index (κ3) is 5.14. The second kappa shape index (κ2) is 8.36. The van der Waals surface area contributed by atoms with E-state index in [1.54, 1.807) is 32.7 Å². The number of amidine groups is 1. The lowest BCUT2D eigenvalue weighted by molar-refractivity contribution is 0.0178. The first-order chi connectivity index (χ1) is 13.0. The molecule has 9 nitrogen and oxygen atoms in total. The van der Waals surface area contributed by atoms with Gasteiger partial charge in [0.15, 0.2) is 5.84 Å². The molecular weight excluding hydrogens is 384 g/mol. The Morgan fingerprint density at radius 3 is 2.25 bits per heavy atom. The minimum atomic E-state index is -3.65. The summed E-state index contributed by atoms with van der Waals surface area (Å²) in [5.41, 5.74) is 5.35. The molecule has 0 atom stereocenters. The molecule has 0 aliphatic carbocycles. The molecule has 1 amide bonds. The quantitative estimate of drug-likeness (QED) is 0.336. The summed E-state index contributed by atoms with van der Waals surface area (Å²) in [6.45, 7) is 6.03. The van der Waals surface area contributed by atoms with E-state index < -0.39 is 21.7 Å². The van der Waals surface area contributed by atoms with E-state index in [1.807, 2.05) is 0 Å². The molecule has 10 heteroatoms. The highest BCUT2D eigenvalue weighted by atomic mass is 32.2. The molecule has 1 heterocycles. The lowest BCUT2D eigenvalue weighted by Crippen LogP contribution is -2.48. The van der Waals surface area contributed by atoms with E-state index in [-0.39, 0.29) is 16.8 Å². The number of piperidine rings is 1. The van der Waals surface area contributed by atoms with E-state index in [4.69, 9.17) is 15.7 Å². The van der Waals surface area contributed by atoms with E-state index in [0.717, 1.165) is 0 Å². The van der Waals surface area contributed by atoms with Crippen molar-refractivity contribution in [3.05, 3.63) is 29.8 Å². The van der Waals surface area contributed by atoms with Crippen LogP contribution in [0.1, 0.15) is 39.2 Å². The third-order valence-electron chi connectivity index (χ3n) is 4.55. The Morgan fingerprint density at radius 1 is 1.25 bits per heavy atom. The van der Waals surface area contributed by atoms with Crippen molar-refractivity contribution >= 4 is 22.0 Å². The van der Waals surface area contributed by atoms with Crippen molar-refractivity contribution < 1.29 is 23.2 Å². The number of carbonyl (C=O) groups is 1. The Balaban J connectivity index is 2.02. The van der Waals surface area contributed by atoms with Crippen molar-refractivity contribution in [2.75, 3.05) is 20.1 Å². The van der Waals surface area contributed by atoms with Gasteiger partial charge in [-0.05, 0) is 57.9 Å². The van der Waals surface area contributed by atoms with Crippen molar-refractivity contribution in [3.63, 3.8) is 0 Å². The molecule has 1 aliphatic rings. The summed E-state index contributed by atoms with van der Waals surface area (Å²) in [5, 5.41) is 11.6. The van der Waals surface area contributed by atoms with Crippen LogP contribution in [-0.4, -0.2) is 66.5 Å². The zero-order valence-corrected chi connectivity index (χ0v) is 17.4. The number of nitrogens with zero attached hydrogens (tertiary/aromatic N) is 3. The third-order valence-corrected chi connectivity index (χ3v) is 6.46. The van der Waals surface area contributed by atoms with E-state index in [1.165, 1.54) is 28.6 Å². The molecule has 2 rings (SSSR count). The zero-order chi connectivity index (χ0) is 21.1. The molecule has 156 valence electrons. The largest absolute Gasteiger partial charge is 0.444 e. The van der Waals surface area contributed by atoms with Gasteiger partial charge in [-0.15, -0.1) is 0 Å². The van der Waals surface area contributed by atoms with Gasteiger partial charge in [-0.3, -0.25) is 0 Å². The second-order valence-corrected chi connectivity index (χ2v) is 9.67. The van der Waals surface area contributed by atoms with Crippen LogP contribution in [0.3, 0.4) is 0 Å². The summed E-state index contributed by atoms with van der Waals surface area (Å²) in [6, 6.07) is 5.77. The number of benzene rings is 1. The van der Waals surface area contributed by atoms with Gasteiger partial charge in [0.05, 0.1) is 4.90 Å². The van der Waals surface area contributed by atoms with Crippen LogP contribution in [0.5, 0.6) is 0 Å². The number of carbonyl (C=O) groups excluding carboxylic acids is 1. The minimum absolute atomic E-state index is 0.0794. The van der Waals surface area contributed by atoms with E-state index >= 15 is 0 Å². The molecule has 1 aromatic rings. The van der Waals surface area contributed by atoms with Gasteiger partial charge in [-0.1, -0.05) is 5.16 Å². The highest BCUT2D eigenvalue weighted by Crippen LogP contribution is 2.24. The number of ether oxygens (including phenoxy) is 1. The van der Waals surface area contributed by atoms with Gasteiger partial charge in [0.1, 0.15) is 5.60 Å². The normalized spacial score (nSPS) is 17.4. The minimum Gasteiger partial charge on any atom is -0.444 e. The number of nitrogens with two attached hydrogens (primary N) is 1. The van der Waals surface area contributed by atoms with Crippen molar-refractivity contribution in [2.45, 2.75) is 50.2 Å². The molecule has 0 radical (unpaired) electrons. The monoisotopic (exact) mass is 412 g/mol. The number of amides is 1. The molecule has 1 aromatic carbocycles. The average Bonchev–Trinajstić information content (AvgIpc) is 2.65. The van der Waals surface area contributed by atoms with Gasteiger partial charge in [0, 0.05) is 31.7 Å². The molecule has 0 saturated carbocycles. The number of oxime groups is 1. The highest BCUT2D eigenvalue weighted by molar-refractivity contribution is 7.89. The first kappa shape index (κ1) is 22.0. The van der Waals surface area contributed by atoms with Gasteiger partial charge in [-0.2, -0.15) is 4.31 Å². The van der Waals surface area contributed by atoms with Crippen molar-refractivity contribution in [1.82, 2.24) is 9.21 Å². The topological polar surface area (TPSA) is 126 Å². The van der Waals surface area contributed by atoms with Crippen LogP contribution in [0.2, 0.25) is 0 Å². The molecule has 3 N–H and O–H groups in total. The van der Waals surface area contributed by atoms with Crippen molar-refractivity contribution in [2.24, 2.45) is 10.9 Å². The summed E-state index contributed by atoms with van der Waals surface area (Å²) in [5.74, 6) is -0.0880. The summed E-state index contributed by atoms with van der Waals surface area (Å²) in [6.07, 6.45) is 0.640. The average molecular weight is 413 g/mol. The SMILES string of the molecule is CN(C(=O)OC(C)(C)C)C1CCN(S(=O)(=O)c2ccc(C(N)=NO)cc2)CC1. The molecular formula is C18H28N4O5S. The Morgan fingerprint density at radius 2 is 1.79 bits per heavy atom. The van der Waals surface area contributed by atoms with Crippen molar-refractivity contribution in [3.8, 4) is 0 Å². The summed E-state index contributed by atoms with van der Waals surface area (Å²) < 4.78 is 32.5. The maximum absolute atomic E-state index is 12.8. The van der Waals surface area contributed by atoms with Gasteiger partial charge in [0.2, 0.25) is 10.0 Å². The lowest BCUT2D eigenvalue weighted by atomic mass is 10.1. The standard InChI is InChI=1S/C18H28N4O5S/c1-18(2,3)27-17(23)21(4)14-9-11-22(12-10-14)28(25,26)15-7-5-13(6-8-15)16(19)20-24/h5-8,14,24H,9-12H2,1-4H3,(H2,19,20). The van der Waals surface area contributed by atoms with Gasteiger partial charge >= 0.3 is 6.09 Å². The van der Waals surface area contributed by atoms with Crippen LogP contribution in [0.15, 0.2) is 34.3 Å². The van der Waals surface area contributed by atoms with Crippen LogP contribution in [-0.2, 0) is 14.8 Å². The smallest absolute Gasteiger partial charge is 0.410 e. The van der Waals surface area contributed by atoms with E-state index in [9.17, 15) is 13.2 Å². The van der Waals surface area contributed by atoms with Gasteiger partial charge in [-0.25, -0.2) is 13.2 Å². The predicted octanol–water partition coefficient (Wildman–Crippen LogP) is 1.80. The first-order valence-corrected chi connectivity index (χ1v) is 10.4. The van der Waals surface area contributed by atoms with Gasteiger partial charge in [0.25, 0.3) is 0 Å². The summed E-state index contributed by atoms with van der Waals surface area (Å²) in [4.78, 5) is 13.9. The lowest BCUT2D eigenvalue weighted by Gasteiger charge is -2.36. The van der Waals surface area contributed by atoms with Crippen LogP contribution in [0.25, 0.3) is 0 Å². The molecule has 0 spiro atoms. The fourth-order valence-corrected chi connectivity index (χ4v) is 4.43. The van der Waals surface area contributed by atoms with Gasteiger partial charge < -0.3 is 20.6 Å².